The first-order valence-corrected chi connectivity index (χ1v) is 8.71. The van der Waals surface area contributed by atoms with Crippen LogP contribution in [0, 0.1) is 0 Å². The van der Waals surface area contributed by atoms with Gasteiger partial charge in [0.25, 0.3) is 0 Å². The van der Waals surface area contributed by atoms with Gasteiger partial charge in [0.05, 0.1) is 6.04 Å². The van der Waals surface area contributed by atoms with Crippen molar-refractivity contribution in [1.82, 2.24) is 15.0 Å². The van der Waals surface area contributed by atoms with Gasteiger partial charge in [0, 0.05) is 12.5 Å². The SMILES string of the molecule is CC(C)c1ccc(CN2CCCC2c2noc(C(C)C)n2)cc1. The molecule has 23 heavy (non-hydrogen) atoms. The Hall–Kier alpha value is -1.68. The number of nitrogens with zero attached hydrogens (tertiary/aromatic N) is 3. The van der Waals surface area contributed by atoms with Crippen LogP contribution in [-0.4, -0.2) is 21.6 Å². The molecule has 1 aromatic heterocycles. The average Bonchev–Trinajstić information content (AvgIpc) is 3.16. The minimum atomic E-state index is 0.287. The predicted molar refractivity (Wildman–Crippen MR) is 91.3 cm³/mol. The van der Waals surface area contributed by atoms with E-state index >= 15 is 0 Å². The van der Waals surface area contributed by atoms with Crippen molar-refractivity contribution in [3.05, 3.63) is 47.1 Å². The molecule has 0 radical (unpaired) electrons. The Morgan fingerprint density at radius 3 is 2.48 bits per heavy atom. The van der Waals surface area contributed by atoms with E-state index in [2.05, 4.69) is 67.0 Å². The highest BCUT2D eigenvalue weighted by atomic mass is 16.5. The Kier molecular flexibility index (Phi) is 4.81. The molecule has 0 spiro atoms. The van der Waals surface area contributed by atoms with Crippen molar-refractivity contribution in [2.24, 2.45) is 0 Å². The van der Waals surface area contributed by atoms with Crippen molar-refractivity contribution >= 4 is 0 Å². The molecule has 1 fully saturated rings. The number of hydrogen-bond donors (Lipinski definition) is 0. The molecule has 0 amide bonds. The van der Waals surface area contributed by atoms with Gasteiger partial charge in [-0.3, -0.25) is 4.90 Å². The highest BCUT2D eigenvalue weighted by molar-refractivity contribution is 5.24. The number of benzene rings is 1. The molecule has 1 aromatic carbocycles. The topological polar surface area (TPSA) is 42.2 Å². The van der Waals surface area contributed by atoms with Crippen LogP contribution in [0.5, 0.6) is 0 Å². The van der Waals surface area contributed by atoms with Crippen LogP contribution in [0.15, 0.2) is 28.8 Å². The lowest BCUT2D eigenvalue weighted by Gasteiger charge is -2.22. The molecule has 2 heterocycles. The first-order chi connectivity index (χ1) is 11.0. The van der Waals surface area contributed by atoms with Crippen molar-refractivity contribution in [1.29, 1.82) is 0 Å². The molecule has 1 aliphatic rings. The molecule has 3 rings (SSSR count). The summed E-state index contributed by atoms with van der Waals surface area (Å²) in [5, 5.41) is 4.22. The lowest BCUT2D eigenvalue weighted by Crippen LogP contribution is -2.23. The Morgan fingerprint density at radius 1 is 1.13 bits per heavy atom. The van der Waals surface area contributed by atoms with Crippen LogP contribution in [0.3, 0.4) is 0 Å². The van der Waals surface area contributed by atoms with E-state index in [0.29, 0.717) is 5.92 Å². The Bertz CT molecular complexity index is 630. The van der Waals surface area contributed by atoms with E-state index in [-0.39, 0.29) is 12.0 Å². The van der Waals surface area contributed by atoms with Crippen LogP contribution in [0.4, 0.5) is 0 Å². The number of hydrogen-bond acceptors (Lipinski definition) is 4. The minimum absolute atomic E-state index is 0.287. The maximum atomic E-state index is 5.39. The first kappa shape index (κ1) is 16.2. The third-order valence-corrected chi connectivity index (χ3v) is 4.65. The van der Waals surface area contributed by atoms with E-state index in [9.17, 15) is 0 Å². The van der Waals surface area contributed by atoms with Crippen molar-refractivity contribution < 1.29 is 4.52 Å². The van der Waals surface area contributed by atoms with Gasteiger partial charge in [0.1, 0.15) is 0 Å². The third kappa shape index (κ3) is 3.63. The molecule has 0 saturated carbocycles. The molecular weight excluding hydrogens is 286 g/mol. The zero-order valence-electron chi connectivity index (χ0n) is 14.6. The summed E-state index contributed by atoms with van der Waals surface area (Å²) in [7, 11) is 0. The maximum absolute atomic E-state index is 5.39. The smallest absolute Gasteiger partial charge is 0.229 e. The van der Waals surface area contributed by atoms with Crippen LogP contribution < -0.4 is 0 Å². The largest absolute Gasteiger partial charge is 0.339 e. The van der Waals surface area contributed by atoms with E-state index in [0.717, 1.165) is 31.2 Å². The lowest BCUT2D eigenvalue weighted by molar-refractivity contribution is 0.234. The van der Waals surface area contributed by atoms with Crippen molar-refractivity contribution in [3.8, 4) is 0 Å². The Balaban J connectivity index is 1.71. The molecule has 2 aromatic rings. The van der Waals surface area contributed by atoms with E-state index in [4.69, 9.17) is 4.52 Å². The molecule has 124 valence electrons. The lowest BCUT2D eigenvalue weighted by atomic mass is 10.0. The normalized spacial score (nSPS) is 19.1. The van der Waals surface area contributed by atoms with Crippen LogP contribution in [0.1, 0.15) is 81.3 Å². The third-order valence-electron chi connectivity index (χ3n) is 4.65. The van der Waals surface area contributed by atoms with Gasteiger partial charge in [-0.05, 0) is 36.4 Å². The summed E-state index contributed by atoms with van der Waals surface area (Å²) in [6, 6.07) is 9.28. The van der Waals surface area contributed by atoms with E-state index in [1.807, 2.05) is 0 Å². The van der Waals surface area contributed by atoms with Gasteiger partial charge < -0.3 is 4.52 Å². The molecule has 0 aliphatic carbocycles. The molecule has 1 unspecified atom stereocenters. The molecule has 1 atom stereocenters. The molecule has 1 aliphatic heterocycles. The summed E-state index contributed by atoms with van der Waals surface area (Å²) in [5.74, 6) is 2.46. The van der Waals surface area contributed by atoms with E-state index in [1.54, 1.807) is 0 Å². The molecule has 0 N–H and O–H groups in total. The summed E-state index contributed by atoms with van der Waals surface area (Å²) in [6.07, 6.45) is 2.31. The Morgan fingerprint density at radius 2 is 1.87 bits per heavy atom. The fourth-order valence-electron chi connectivity index (χ4n) is 3.17. The van der Waals surface area contributed by atoms with Crippen LogP contribution in [0.25, 0.3) is 0 Å². The number of rotatable bonds is 5. The predicted octanol–water partition coefficient (Wildman–Crippen LogP) is 4.65. The van der Waals surface area contributed by atoms with Gasteiger partial charge in [0.15, 0.2) is 5.82 Å². The second-order valence-electron chi connectivity index (χ2n) is 7.17. The van der Waals surface area contributed by atoms with E-state index < -0.39 is 0 Å². The summed E-state index contributed by atoms with van der Waals surface area (Å²) >= 11 is 0. The molecular formula is C19H27N3O. The second-order valence-corrected chi connectivity index (χ2v) is 7.17. The van der Waals surface area contributed by atoms with Crippen LogP contribution >= 0.6 is 0 Å². The standard InChI is InChI=1S/C19H27N3O/c1-13(2)16-9-7-15(8-10-16)12-22-11-5-6-17(22)18-20-19(14(3)4)23-21-18/h7-10,13-14,17H,5-6,11-12H2,1-4H3. The Labute approximate surface area is 138 Å². The van der Waals surface area contributed by atoms with Crippen molar-refractivity contribution in [2.45, 2.75) is 65.0 Å². The van der Waals surface area contributed by atoms with Crippen LogP contribution in [0.2, 0.25) is 0 Å². The highest BCUT2D eigenvalue weighted by Crippen LogP contribution is 2.32. The second kappa shape index (κ2) is 6.83. The quantitative estimate of drug-likeness (QED) is 0.805. The van der Waals surface area contributed by atoms with Gasteiger partial charge in [0.2, 0.25) is 5.89 Å². The van der Waals surface area contributed by atoms with Gasteiger partial charge in [-0.25, -0.2) is 0 Å². The van der Waals surface area contributed by atoms with E-state index in [1.165, 1.54) is 17.5 Å². The summed E-state index contributed by atoms with van der Waals surface area (Å²) in [6.45, 7) is 10.7. The van der Waals surface area contributed by atoms with Gasteiger partial charge in [-0.1, -0.05) is 57.1 Å². The highest BCUT2D eigenvalue weighted by Gasteiger charge is 2.30. The minimum Gasteiger partial charge on any atom is -0.339 e. The van der Waals surface area contributed by atoms with Gasteiger partial charge in [-0.15, -0.1) is 0 Å². The maximum Gasteiger partial charge on any atom is 0.229 e. The first-order valence-electron chi connectivity index (χ1n) is 8.71. The zero-order valence-corrected chi connectivity index (χ0v) is 14.6. The fourth-order valence-corrected chi connectivity index (χ4v) is 3.17. The van der Waals surface area contributed by atoms with Gasteiger partial charge >= 0.3 is 0 Å². The molecule has 4 heteroatoms. The zero-order chi connectivity index (χ0) is 16.4. The van der Waals surface area contributed by atoms with Crippen LogP contribution in [-0.2, 0) is 6.54 Å². The average molecular weight is 313 g/mol. The molecule has 0 bridgehead atoms. The van der Waals surface area contributed by atoms with Crippen molar-refractivity contribution in [3.63, 3.8) is 0 Å². The monoisotopic (exact) mass is 313 g/mol. The van der Waals surface area contributed by atoms with Gasteiger partial charge in [-0.2, -0.15) is 4.98 Å². The van der Waals surface area contributed by atoms with Crippen molar-refractivity contribution in [2.75, 3.05) is 6.54 Å². The summed E-state index contributed by atoms with van der Waals surface area (Å²) in [4.78, 5) is 7.07. The number of aromatic nitrogens is 2. The summed E-state index contributed by atoms with van der Waals surface area (Å²) in [5.41, 5.74) is 2.75. The molecule has 4 nitrogen and oxygen atoms in total. The number of likely N-dealkylation sites (tertiary alicyclic amines) is 1. The molecule has 1 saturated heterocycles. The summed E-state index contributed by atoms with van der Waals surface area (Å²) < 4.78 is 5.39. The fraction of sp³-hybridized carbons (Fsp3) is 0.579.